The van der Waals surface area contributed by atoms with Crippen molar-refractivity contribution in [3.8, 4) is 0 Å². The van der Waals surface area contributed by atoms with E-state index >= 15 is 0 Å². The maximum atomic E-state index is 12.5. The Kier molecular flexibility index (Phi) is 4.73. The largest absolute Gasteiger partial charge is 0.310 e. The van der Waals surface area contributed by atoms with Gasteiger partial charge in [0.2, 0.25) is 5.91 Å². The summed E-state index contributed by atoms with van der Waals surface area (Å²) in [6, 6.07) is 7.20. The van der Waals surface area contributed by atoms with Gasteiger partial charge in [-0.25, -0.2) is 4.98 Å². The number of hydrogen-bond donors (Lipinski definition) is 2. The van der Waals surface area contributed by atoms with Gasteiger partial charge < -0.3 is 10.3 Å². The first-order chi connectivity index (χ1) is 11.1. The van der Waals surface area contributed by atoms with Crippen molar-refractivity contribution in [2.45, 2.75) is 30.8 Å². The molecule has 0 saturated carbocycles. The number of H-pyrrole nitrogens is 1. The summed E-state index contributed by atoms with van der Waals surface area (Å²) >= 11 is 7.39. The summed E-state index contributed by atoms with van der Waals surface area (Å²) in [7, 11) is 0. The number of nitrogens with zero attached hydrogens (tertiary/aromatic N) is 1. The highest BCUT2D eigenvalue weighted by atomic mass is 35.5. The smallest absolute Gasteiger partial charge is 0.257 e. The average Bonchev–Trinajstić information content (AvgIpc) is 2.52. The molecule has 120 valence electrons. The van der Waals surface area contributed by atoms with Crippen molar-refractivity contribution in [3.63, 3.8) is 0 Å². The maximum absolute atomic E-state index is 12.5. The molecule has 0 spiro atoms. The van der Waals surface area contributed by atoms with E-state index in [0.29, 0.717) is 21.6 Å². The van der Waals surface area contributed by atoms with Crippen molar-refractivity contribution in [1.29, 1.82) is 0 Å². The van der Waals surface area contributed by atoms with Crippen molar-refractivity contribution >= 4 is 35.1 Å². The van der Waals surface area contributed by atoms with Crippen molar-refractivity contribution in [2.24, 2.45) is 0 Å². The molecule has 1 atom stereocenters. The predicted molar refractivity (Wildman–Crippen MR) is 92.4 cm³/mol. The van der Waals surface area contributed by atoms with Gasteiger partial charge in [-0.3, -0.25) is 9.59 Å². The van der Waals surface area contributed by atoms with Gasteiger partial charge in [0.05, 0.1) is 5.56 Å². The standard InChI is InChI=1S/C16H16ClN3O2S/c1-2-7-23-16-19-14-13(15(22)20-16)11(8-12(21)18-14)9-3-5-10(17)6-4-9/h3-6,11H,2,7-8H2,1H3,(H2,18,19,20,21,22)/t11-/m1/s1. The van der Waals surface area contributed by atoms with E-state index in [-0.39, 0.29) is 23.8 Å². The molecule has 7 heteroatoms. The lowest BCUT2D eigenvalue weighted by Gasteiger charge is -2.24. The second kappa shape index (κ2) is 6.76. The molecule has 0 bridgehead atoms. The van der Waals surface area contributed by atoms with Crippen LogP contribution in [-0.4, -0.2) is 21.6 Å². The zero-order valence-corrected chi connectivity index (χ0v) is 14.1. The van der Waals surface area contributed by atoms with Gasteiger partial charge in [0.15, 0.2) is 5.16 Å². The lowest BCUT2D eigenvalue weighted by Crippen LogP contribution is -2.31. The van der Waals surface area contributed by atoms with Crippen molar-refractivity contribution in [2.75, 3.05) is 11.1 Å². The number of hydrogen-bond acceptors (Lipinski definition) is 4. The van der Waals surface area contributed by atoms with Crippen LogP contribution in [0.25, 0.3) is 0 Å². The lowest BCUT2D eigenvalue weighted by molar-refractivity contribution is -0.116. The summed E-state index contributed by atoms with van der Waals surface area (Å²) in [5, 5.41) is 3.87. The Hall–Kier alpha value is -1.79. The van der Waals surface area contributed by atoms with Gasteiger partial charge in [-0.15, -0.1) is 0 Å². The summed E-state index contributed by atoms with van der Waals surface area (Å²) in [6.07, 6.45) is 1.20. The third-order valence-electron chi connectivity index (χ3n) is 3.64. The van der Waals surface area contributed by atoms with Crippen molar-refractivity contribution < 1.29 is 4.79 Å². The number of benzene rings is 1. The third kappa shape index (κ3) is 3.43. The van der Waals surface area contributed by atoms with Gasteiger partial charge in [-0.05, 0) is 24.1 Å². The van der Waals surface area contributed by atoms with Crippen LogP contribution in [0.3, 0.4) is 0 Å². The third-order valence-corrected chi connectivity index (χ3v) is 4.98. The second-order valence-corrected chi connectivity index (χ2v) is 6.86. The normalized spacial score (nSPS) is 16.8. The van der Waals surface area contributed by atoms with E-state index in [9.17, 15) is 9.59 Å². The Morgan fingerprint density at radius 3 is 2.74 bits per heavy atom. The minimum absolute atomic E-state index is 0.137. The molecule has 5 nitrogen and oxygen atoms in total. The number of halogens is 1. The molecule has 0 saturated heterocycles. The summed E-state index contributed by atoms with van der Waals surface area (Å²) in [5.74, 6) is 0.777. The Morgan fingerprint density at radius 1 is 1.30 bits per heavy atom. The van der Waals surface area contributed by atoms with E-state index in [1.165, 1.54) is 11.8 Å². The molecular formula is C16H16ClN3O2S. The molecule has 1 amide bonds. The number of aromatic amines is 1. The Morgan fingerprint density at radius 2 is 2.04 bits per heavy atom. The van der Waals surface area contributed by atoms with Gasteiger partial charge in [0, 0.05) is 23.1 Å². The highest BCUT2D eigenvalue weighted by molar-refractivity contribution is 7.99. The Balaban J connectivity index is 2.05. The Labute approximate surface area is 142 Å². The number of carbonyl (C=O) groups is 1. The molecule has 2 heterocycles. The number of rotatable bonds is 4. The van der Waals surface area contributed by atoms with Crippen LogP contribution >= 0.6 is 23.4 Å². The van der Waals surface area contributed by atoms with Crippen molar-refractivity contribution in [1.82, 2.24) is 9.97 Å². The molecule has 0 radical (unpaired) electrons. The molecule has 1 aliphatic rings. The molecule has 3 rings (SSSR count). The van der Waals surface area contributed by atoms with E-state index in [0.717, 1.165) is 17.7 Å². The zero-order valence-electron chi connectivity index (χ0n) is 12.6. The Bertz CT molecular complexity index is 789. The number of carbonyl (C=O) groups excluding carboxylic acids is 1. The highest BCUT2D eigenvalue weighted by Crippen LogP contribution is 2.34. The van der Waals surface area contributed by atoms with Gasteiger partial charge in [0.25, 0.3) is 5.56 Å². The summed E-state index contributed by atoms with van der Waals surface area (Å²) in [6.45, 7) is 2.06. The van der Waals surface area contributed by atoms with Gasteiger partial charge in [0.1, 0.15) is 5.82 Å². The van der Waals surface area contributed by atoms with Crippen LogP contribution in [0.15, 0.2) is 34.2 Å². The van der Waals surface area contributed by atoms with Crippen LogP contribution < -0.4 is 10.9 Å². The van der Waals surface area contributed by atoms with Crippen molar-refractivity contribution in [3.05, 3.63) is 50.8 Å². The SMILES string of the molecule is CCCSc1nc2c(c(=O)[nH]1)[C@@H](c1ccc(Cl)cc1)CC(=O)N2. The van der Waals surface area contributed by atoms with Crippen LogP contribution in [0.5, 0.6) is 0 Å². The van der Waals surface area contributed by atoms with Crippen LogP contribution in [0.4, 0.5) is 5.82 Å². The molecule has 23 heavy (non-hydrogen) atoms. The van der Waals surface area contributed by atoms with E-state index < -0.39 is 0 Å². The first-order valence-electron chi connectivity index (χ1n) is 7.40. The number of anilines is 1. The van der Waals surface area contributed by atoms with Crippen LogP contribution in [0.2, 0.25) is 5.02 Å². The molecular weight excluding hydrogens is 334 g/mol. The fourth-order valence-corrected chi connectivity index (χ4v) is 3.44. The molecule has 0 fully saturated rings. The van der Waals surface area contributed by atoms with E-state index in [4.69, 9.17) is 11.6 Å². The summed E-state index contributed by atoms with van der Waals surface area (Å²) in [5.41, 5.74) is 1.19. The topological polar surface area (TPSA) is 74.8 Å². The van der Waals surface area contributed by atoms with Gasteiger partial charge in [-0.2, -0.15) is 0 Å². The number of fused-ring (bicyclic) bond motifs is 1. The van der Waals surface area contributed by atoms with Gasteiger partial charge >= 0.3 is 0 Å². The summed E-state index contributed by atoms with van der Waals surface area (Å²) < 4.78 is 0. The second-order valence-electron chi connectivity index (χ2n) is 5.34. The highest BCUT2D eigenvalue weighted by Gasteiger charge is 2.30. The quantitative estimate of drug-likeness (QED) is 0.655. The molecule has 2 aromatic rings. The number of aromatic nitrogens is 2. The first kappa shape index (κ1) is 16.1. The van der Waals surface area contributed by atoms with E-state index in [2.05, 4.69) is 22.2 Å². The molecule has 2 N–H and O–H groups in total. The fourth-order valence-electron chi connectivity index (χ4n) is 2.60. The van der Waals surface area contributed by atoms with Gasteiger partial charge in [-0.1, -0.05) is 42.4 Å². The zero-order chi connectivity index (χ0) is 16.4. The maximum Gasteiger partial charge on any atom is 0.257 e. The average molecular weight is 350 g/mol. The predicted octanol–water partition coefficient (Wildman–Crippen LogP) is 3.40. The lowest BCUT2D eigenvalue weighted by atomic mass is 9.87. The minimum Gasteiger partial charge on any atom is -0.310 e. The minimum atomic E-state index is -0.308. The number of thioether (sulfide) groups is 1. The first-order valence-corrected chi connectivity index (χ1v) is 8.77. The molecule has 0 unspecified atom stereocenters. The molecule has 0 aliphatic carbocycles. The monoisotopic (exact) mass is 349 g/mol. The molecule has 1 aromatic heterocycles. The van der Waals surface area contributed by atoms with E-state index in [1.54, 1.807) is 12.1 Å². The molecule has 1 aliphatic heterocycles. The molecule has 1 aromatic carbocycles. The van der Waals surface area contributed by atoms with Crippen LogP contribution in [0, 0.1) is 0 Å². The van der Waals surface area contributed by atoms with Crippen LogP contribution in [0.1, 0.15) is 36.8 Å². The van der Waals surface area contributed by atoms with Crippen LogP contribution in [-0.2, 0) is 4.79 Å². The van der Waals surface area contributed by atoms with E-state index in [1.807, 2.05) is 12.1 Å². The number of amides is 1. The number of nitrogens with one attached hydrogen (secondary N) is 2. The summed E-state index contributed by atoms with van der Waals surface area (Å²) in [4.78, 5) is 31.8. The fraction of sp³-hybridized carbons (Fsp3) is 0.312.